The average Bonchev–Trinajstić information content (AvgIpc) is 2.26. The predicted molar refractivity (Wildman–Crippen MR) is 70.8 cm³/mol. The van der Waals surface area contributed by atoms with Crippen molar-refractivity contribution in [2.75, 3.05) is 12.8 Å². The van der Waals surface area contributed by atoms with E-state index in [9.17, 15) is 0 Å². The van der Waals surface area contributed by atoms with Crippen molar-refractivity contribution in [2.45, 2.75) is 25.1 Å². The Morgan fingerprint density at radius 1 is 1.33 bits per heavy atom. The highest BCUT2D eigenvalue weighted by Gasteiger charge is 1.98. The third kappa shape index (κ3) is 5.45. The Kier molecular flexibility index (Phi) is 6.15. The molecule has 0 aliphatic carbocycles. The lowest BCUT2D eigenvalue weighted by molar-refractivity contribution is 0.598. The van der Waals surface area contributed by atoms with E-state index < -0.39 is 0 Å². The maximum absolute atomic E-state index is 5.82. The fourth-order valence-electron chi connectivity index (χ4n) is 1.18. The highest BCUT2D eigenvalue weighted by atomic mass is 35.5. The molecule has 0 aromatic heterocycles. The van der Waals surface area contributed by atoms with Gasteiger partial charge < -0.3 is 5.32 Å². The smallest absolute Gasteiger partial charge is 0.0406 e. The molecule has 1 unspecified atom stereocenters. The van der Waals surface area contributed by atoms with Crippen LogP contribution >= 0.6 is 23.4 Å². The van der Waals surface area contributed by atoms with E-state index in [1.54, 1.807) is 0 Å². The number of hydrogen-bond acceptors (Lipinski definition) is 2. The first kappa shape index (κ1) is 12.9. The van der Waals surface area contributed by atoms with Crippen LogP contribution in [0, 0.1) is 0 Å². The number of benzene rings is 1. The third-order valence-corrected chi connectivity index (χ3v) is 3.68. The molecule has 1 atom stereocenters. The molecule has 0 spiro atoms. The van der Waals surface area contributed by atoms with Crippen molar-refractivity contribution < 1.29 is 0 Å². The lowest BCUT2D eigenvalue weighted by atomic mass is 10.2. The van der Waals surface area contributed by atoms with Gasteiger partial charge in [0, 0.05) is 16.8 Å². The molecule has 0 fully saturated rings. The molecule has 3 heteroatoms. The lowest BCUT2D eigenvalue weighted by Crippen LogP contribution is -2.21. The fraction of sp³-hybridized carbons (Fsp3) is 0.500. The maximum Gasteiger partial charge on any atom is 0.0406 e. The van der Waals surface area contributed by atoms with Crippen molar-refractivity contribution in [2.24, 2.45) is 0 Å². The Hall–Kier alpha value is -0.180. The first-order valence-corrected chi connectivity index (χ1v) is 6.75. The summed E-state index contributed by atoms with van der Waals surface area (Å²) in [6.07, 6.45) is 1.22. The van der Waals surface area contributed by atoms with Gasteiger partial charge >= 0.3 is 0 Å². The van der Waals surface area contributed by atoms with Gasteiger partial charge in [0.15, 0.2) is 0 Å². The van der Waals surface area contributed by atoms with Gasteiger partial charge in [-0.15, -0.1) is 0 Å². The second-order valence-corrected chi connectivity index (χ2v) is 5.20. The zero-order valence-corrected chi connectivity index (χ0v) is 10.9. The van der Waals surface area contributed by atoms with Gasteiger partial charge in [-0.25, -0.2) is 0 Å². The van der Waals surface area contributed by atoms with Crippen molar-refractivity contribution >= 4 is 23.4 Å². The topological polar surface area (TPSA) is 12.0 Å². The molecule has 0 bridgehead atoms. The molecule has 15 heavy (non-hydrogen) atoms. The van der Waals surface area contributed by atoms with E-state index in [0.29, 0.717) is 6.04 Å². The summed E-state index contributed by atoms with van der Waals surface area (Å²) >= 11 is 7.79. The molecule has 0 saturated carbocycles. The first-order chi connectivity index (χ1) is 7.22. The van der Waals surface area contributed by atoms with Gasteiger partial charge in [-0.3, -0.25) is 0 Å². The van der Waals surface area contributed by atoms with E-state index in [4.69, 9.17) is 11.6 Å². The number of halogens is 1. The predicted octanol–water partition coefficient (Wildman–Crippen LogP) is 3.57. The van der Waals surface area contributed by atoms with Crippen LogP contribution < -0.4 is 5.32 Å². The average molecular weight is 244 g/mol. The highest BCUT2D eigenvalue weighted by molar-refractivity contribution is 7.98. The van der Waals surface area contributed by atoms with Crippen LogP contribution in [0.2, 0.25) is 5.02 Å². The van der Waals surface area contributed by atoms with E-state index in [2.05, 4.69) is 24.4 Å². The highest BCUT2D eigenvalue weighted by Crippen LogP contribution is 2.16. The largest absolute Gasteiger partial charge is 0.317 e. The standard InChI is InChI=1S/C12H18ClNS/c1-10(14-2)7-8-15-9-11-3-5-12(13)6-4-11/h3-6,10,14H,7-9H2,1-2H3. The molecule has 1 rings (SSSR count). The molecule has 1 nitrogen and oxygen atoms in total. The van der Waals surface area contributed by atoms with Crippen LogP contribution in [-0.4, -0.2) is 18.8 Å². The van der Waals surface area contributed by atoms with E-state index >= 15 is 0 Å². The summed E-state index contributed by atoms with van der Waals surface area (Å²) in [5.74, 6) is 2.28. The molecule has 84 valence electrons. The van der Waals surface area contributed by atoms with E-state index in [1.165, 1.54) is 17.7 Å². The Bertz CT molecular complexity index is 273. The molecule has 0 heterocycles. The minimum absolute atomic E-state index is 0.614. The Morgan fingerprint density at radius 3 is 2.60 bits per heavy atom. The van der Waals surface area contributed by atoms with Crippen molar-refractivity contribution in [1.29, 1.82) is 0 Å². The molecule has 1 aromatic carbocycles. The molecule has 0 saturated heterocycles. The van der Waals surface area contributed by atoms with Crippen LogP contribution in [0.1, 0.15) is 18.9 Å². The quantitative estimate of drug-likeness (QED) is 0.767. The van der Waals surface area contributed by atoms with Gasteiger partial charge in [-0.1, -0.05) is 23.7 Å². The molecule has 0 aliphatic rings. The van der Waals surface area contributed by atoms with Gasteiger partial charge in [0.2, 0.25) is 0 Å². The van der Waals surface area contributed by atoms with Crippen molar-refractivity contribution in [3.8, 4) is 0 Å². The maximum atomic E-state index is 5.82. The zero-order chi connectivity index (χ0) is 11.1. The normalized spacial score (nSPS) is 12.7. The second-order valence-electron chi connectivity index (χ2n) is 3.66. The van der Waals surface area contributed by atoms with Crippen molar-refractivity contribution in [3.05, 3.63) is 34.9 Å². The second kappa shape index (κ2) is 7.15. The zero-order valence-electron chi connectivity index (χ0n) is 9.29. The fourth-order valence-corrected chi connectivity index (χ4v) is 2.39. The van der Waals surface area contributed by atoms with Crippen LogP contribution in [0.25, 0.3) is 0 Å². The SMILES string of the molecule is CNC(C)CCSCc1ccc(Cl)cc1. The monoisotopic (exact) mass is 243 g/mol. The number of hydrogen-bond donors (Lipinski definition) is 1. The van der Waals surface area contributed by atoms with E-state index in [0.717, 1.165) is 10.8 Å². The molecular weight excluding hydrogens is 226 g/mol. The Labute approximate surface area is 102 Å². The summed E-state index contributed by atoms with van der Waals surface area (Å²) in [5.41, 5.74) is 1.35. The summed E-state index contributed by atoms with van der Waals surface area (Å²) in [5, 5.41) is 4.05. The minimum Gasteiger partial charge on any atom is -0.317 e. The van der Waals surface area contributed by atoms with Crippen LogP contribution in [0.3, 0.4) is 0 Å². The molecule has 1 N–H and O–H groups in total. The Balaban J connectivity index is 2.17. The summed E-state index contributed by atoms with van der Waals surface area (Å²) in [6, 6.07) is 8.71. The molecule has 0 amide bonds. The summed E-state index contributed by atoms with van der Waals surface area (Å²) in [7, 11) is 2.01. The Morgan fingerprint density at radius 2 is 2.00 bits per heavy atom. The summed E-state index contributed by atoms with van der Waals surface area (Å²) in [6.45, 7) is 2.21. The molecule has 0 aliphatic heterocycles. The van der Waals surface area contributed by atoms with Crippen LogP contribution in [0.4, 0.5) is 0 Å². The van der Waals surface area contributed by atoms with E-state index in [-0.39, 0.29) is 0 Å². The number of nitrogens with one attached hydrogen (secondary N) is 1. The van der Waals surface area contributed by atoms with Gasteiger partial charge in [-0.05, 0) is 43.8 Å². The van der Waals surface area contributed by atoms with Crippen molar-refractivity contribution in [1.82, 2.24) is 5.32 Å². The van der Waals surface area contributed by atoms with Gasteiger partial charge in [0.1, 0.15) is 0 Å². The summed E-state index contributed by atoms with van der Waals surface area (Å²) in [4.78, 5) is 0. The van der Waals surface area contributed by atoms with Crippen LogP contribution in [0.5, 0.6) is 0 Å². The third-order valence-electron chi connectivity index (χ3n) is 2.37. The lowest BCUT2D eigenvalue weighted by Gasteiger charge is -2.09. The first-order valence-electron chi connectivity index (χ1n) is 5.22. The summed E-state index contributed by atoms with van der Waals surface area (Å²) < 4.78 is 0. The number of thioether (sulfide) groups is 1. The molecular formula is C12H18ClNS. The molecule has 0 radical (unpaired) electrons. The number of rotatable bonds is 6. The van der Waals surface area contributed by atoms with Gasteiger partial charge in [-0.2, -0.15) is 11.8 Å². The van der Waals surface area contributed by atoms with Crippen LogP contribution in [0.15, 0.2) is 24.3 Å². The van der Waals surface area contributed by atoms with E-state index in [1.807, 2.05) is 30.9 Å². The molecule has 1 aromatic rings. The minimum atomic E-state index is 0.614. The van der Waals surface area contributed by atoms with Crippen molar-refractivity contribution in [3.63, 3.8) is 0 Å². The van der Waals surface area contributed by atoms with Crippen LogP contribution in [-0.2, 0) is 5.75 Å². The van der Waals surface area contributed by atoms with Gasteiger partial charge in [0.05, 0.1) is 0 Å². The van der Waals surface area contributed by atoms with Gasteiger partial charge in [0.25, 0.3) is 0 Å².